The van der Waals surface area contributed by atoms with Gasteiger partial charge in [0.05, 0.1) is 25.4 Å². The summed E-state index contributed by atoms with van der Waals surface area (Å²) >= 11 is 0. The Bertz CT molecular complexity index is 1660. The van der Waals surface area contributed by atoms with E-state index in [0.29, 0.717) is 29.0 Å². The minimum atomic E-state index is 0.451. The average Bonchev–Trinajstić information content (AvgIpc) is 3.30. The molecule has 7 heteroatoms. The van der Waals surface area contributed by atoms with Crippen LogP contribution in [0.25, 0.3) is 32.8 Å². The third-order valence-corrected chi connectivity index (χ3v) is 5.82. The molecular formula is C28H21N3O4. The van der Waals surface area contributed by atoms with Gasteiger partial charge in [0.15, 0.2) is 17.1 Å². The van der Waals surface area contributed by atoms with Gasteiger partial charge in [-0.15, -0.1) is 0 Å². The van der Waals surface area contributed by atoms with Crippen molar-refractivity contribution in [3.8, 4) is 23.0 Å². The Morgan fingerprint density at radius 1 is 0.743 bits per heavy atom. The average molecular weight is 463 g/mol. The number of nitrogens with one attached hydrogen (secondary N) is 1. The SMILES string of the molecule is COc1cc2nccc(Oc3ccc4c(Nc5nc6ccccc6o5)cccc4c3)c2cc1OC. The predicted molar refractivity (Wildman–Crippen MR) is 136 cm³/mol. The Morgan fingerprint density at radius 2 is 1.60 bits per heavy atom. The quantitative estimate of drug-likeness (QED) is 0.283. The standard InChI is InChI=1S/C28H21N3O4/c1-32-26-15-20-23(16-27(26)33-2)29-13-12-24(20)34-18-10-11-19-17(14-18)6-5-8-21(19)30-28-31-22-7-3-4-9-25(22)35-28/h3-16H,1-2H3,(H,30,31). The second-order valence-electron chi connectivity index (χ2n) is 7.94. The number of aromatic nitrogens is 2. The van der Waals surface area contributed by atoms with Crippen LogP contribution in [0.3, 0.4) is 0 Å². The summed E-state index contributed by atoms with van der Waals surface area (Å²) in [6, 6.07) is 25.7. The largest absolute Gasteiger partial charge is 0.493 e. The van der Waals surface area contributed by atoms with Gasteiger partial charge in [0.25, 0.3) is 6.01 Å². The summed E-state index contributed by atoms with van der Waals surface area (Å²) < 4.78 is 23.0. The molecule has 172 valence electrons. The molecule has 1 N–H and O–H groups in total. The van der Waals surface area contributed by atoms with E-state index in [-0.39, 0.29) is 0 Å². The molecule has 35 heavy (non-hydrogen) atoms. The van der Waals surface area contributed by atoms with Crippen molar-refractivity contribution in [1.29, 1.82) is 0 Å². The molecule has 0 saturated carbocycles. The first-order valence-corrected chi connectivity index (χ1v) is 11.1. The van der Waals surface area contributed by atoms with Gasteiger partial charge in [0.1, 0.15) is 17.0 Å². The topological polar surface area (TPSA) is 78.6 Å². The van der Waals surface area contributed by atoms with E-state index >= 15 is 0 Å². The number of ether oxygens (including phenoxy) is 3. The second-order valence-corrected chi connectivity index (χ2v) is 7.94. The van der Waals surface area contributed by atoms with Gasteiger partial charge < -0.3 is 23.9 Å². The van der Waals surface area contributed by atoms with E-state index in [0.717, 1.165) is 38.5 Å². The first-order chi connectivity index (χ1) is 17.2. The molecule has 0 aliphatic heterocycles. The molecule has 0 bridgehead atoms. The lowest BCUT2D eigenvalue weighted by atomic mass is 10.1. The Morgan fingerprint density at radius 3 is 2.46 bits per heavy atom. The number of fused-ring (bicyclic) bond motifs is 3. The highest BCUT2D eigenvalue weighted by Gasteiger charge is 2.12. The van der Waals surface area contributed by atoms with Crippen molar-refractivity contribution in [2.45, 2.75) is 0 Å². The number of oxazole rings is 1. The number of para-hydroxylation sites is 2. The minimum Gasteiger partial charge on any atom is -0.493 e. The summed E-state index contributed by atoms with van der Waals surface area (Å²) in [5, 5.41) is 6.17. The van der Waals surface area contributed by atoms with Gasteiger partial charge in [-0.05, 0) is 53.9 Å². The second kappa shape index (κ2) is 8.53. The summed E-state index contributed by atoms with van der Waals surface area (Å²) in [5.41, 5.74) is 3.20. The van der Waals surface area contributed by atoms with Crippen LogP contribution >= 0.6 is 0 Å². The number of rotatable bonds is 6. The Labute approximate surface area is 200 Å². The maximum Gasteiger partial charge on any atom is 0.300 e. The van der Waals surface area contributed by atoms with Gasteiger partial charge in [0, 0.05) is 23.0 Å². The lowest BCUT2D eigenvalue weighted by molar-refractivity contribution is 0.355. The van der Waals surface area contributed by atoms with Crippen LogP contribution in [0.1, 0.15) is 0 Å². The zero-order valence-corrected chi connectivity index (χ0v) is 19.1. The first kappa shape index (κ1) is 20.8. The van der Waals surface area contributed by atoms with Crippen LogP contribution < -0.4 is 19.5 Å². The molecule has 0 fully saturated rings. The van der Waals surface area contributed by atoms with E-state index in [1.165, 1.54) is 0 Å². The van der Waals surface area contributed by atoms with Gasteiger partial charge in [0.2, 0.25) is 0 Å². The smallest absolute Gasteiger partial charge is 0.300 e. The van der Waals surface area contributed by atoms with Crippen molar-refractivity contribution in [3.05, 3.63) is 85.1 Å². The molecule has 2 aromatic heterocycles. The van der Waals surface area contributed by atoms with Gasteiger partial charge in [-0.25, -0.2) is 0 Å². The molecular weight excluding hydrogens is 442 g/mol. The molecule has 0 amide bonds. The molecule has 0 saturated heterocycles. The lowest BCUT2D eigenvalue weighted by Crippen LogP contribution is -1.94. The number of anilines is 2. The summed E-state index contributed by atoms with van der Waals surface area (Å²) in [6.45, 7) is 0. The van der Waals surface area contributed by atoms with Gasteiger partial charge in [-0.1, -0.05) is 24.3 Å². The molecule has 0 radical (unpaired) electrons. The third-order valence-electron chi connectivity index (χ3n) is 5.82. The van der Waals surface area contributed by atoms with Crippen molar-refractivity contribution in [2.75, 3.05) is 19.5 Å². The molecule has 0 spiro atoms. The summed E-state index contributed by atoms with van der Waals surface area (Å²) in [5.74, 6) is 2.62. The summed E-state index contributed by atoms with van der Waals surface area (Å²) in [6.07, 6.45) is 1.72. The third kappa shape index (κ3) is 3.83. The zero-order chi connectivity index (χ0) is 23.8. The van der Waals surface area contributed by atoms with Gasteiger partial charge in [-0.2, -0.15) is 4.98 Å². The minimum absolute atomic E-state index is 0.451. The zero-order valence-electron chi connectivity index (χ0n) is 19.1. The predicted octanol–water partition coefficient (Wildman–Crippen LogP) is 7.08. The molecule has 7 nitrogen and oxygen atoms in total. The van der Waals surface area contributed by atoms with Crippen LogP contribution in [0, 0.1) is 0 Å². The normalized spacial score (nSPS) is 11.1. The number of hydrogen-bond donors (Lipinski definition) is 1. The highest BCUT2D eigenvalue weighted by Crippen LogP contribution is 2.38. The van der Waals surface area contributed by atoms with Gasteiger partial charge in [-0.3, -0.25) is 4.98 Å². The van der Waals surface area contributed by atoms with Crippen molar-refractivity contribution in [2.24, 2.45) is 0 Å². The fourth-order valence-corrected chi connectivity index (χ4v) is 4.14. The highest BCUT2D eigenvalue weighted by molar-refractivity contribution is 5.96. The molecule has 0 aliphatic carbocycles. The van der Waals surface area contributed by atoms with Crippen molar-refractivity contribution < 1.29 is 18.6 Å². The summed E-state index contributed by atoms with van der Waals surface area (Å²) in [4.78, 5) is 8.96. The van der Waals surface area contributed by atoms with E-state index < -0.39 is 0 Å². The summed E-state index contributed by atoms with van der Waals surface area (Å²) in [7, 11) is 3.21. The van der Waals surface area contributed by atoms with E-state index in [4.69, 9.17) is 18.6 Å². The Balaban J connectivity index is 1.34. The van der Waals surface area contributed by atoms with Crippen LogP contribution in [0.2, 0.25) is 0 Å². The molecule has 4 aromatic carbocycles. The molecule has 0 atom stereocenters. The number of benzene rings is 4. The number of methoxy groups -OCH3 is 2. The lowest BCUT2D eigenvalue weighted by Gasteiger charge is -2.13. The number of hydrogen-bond acceptors (Lipinski definition) is 7. The van der Waals surface area contributed by atoms with Crippen molar-refractivity contribution >= 4 is 44.5 Å². The van der Waals surface area contributed by atoms with Crippen LogP contribution in [0.5, 0.6) is 23.0 Å². The van der Waals surface area contributed by atoms with E-state index in [2.05, 4.69) is 15.3 Å². The van der Waals surface area contributed by atoms with E-state index in [1.54, 1.807) is 20.4 Å². The highest BCUT2D eigenvalue weighted by atomic mass is 16.5. The van der Waals surface area contributed by atoms with Crippen molar-refractivity contribution in [1.82, 2.24) is 9.97 Å². The monoisotopic (exact) mass is 463 g/mol. The van der Waals surface area contributed by atoms with Gasteiger partial charge >= 0.3 is 0 Å². The molecule has 6 aromatic rings. The molecule has 0 unspecified atom stereocenters. The van der Waals surface area contributed by atoms with Crippen molar-refractivity contribution in [3.63, 3.8) is 0 Å². The fraction of sp³-hybridized carbons (Fsp3) is 0.0714. The van der Waals surface area contributed by atoms with Crippen LogP contribution in [0.15, 0.2) is 89.5 Å². The van der Waals surface area contributed by atoms with Crippen LogP contribution in [-0.2, 0) is 0 Å². The maximum atomic E-state index is 6.28. The number of nitrogens with zero attached hydrogens (tertiary/aromatic N) is 2. The van der Waals surface area contributed by atoms with E-state index in [9.17, 15) is 0 Å². The Kier molecular flexibility index (Phi) is 5.07. The molecule has 0 aliphatic rings. The molecule has 2 heterocycles. The number of pyridine rings is 1. The fourth-order valence-electron chi connectivity index (χ4n) is 4.14. The van der Waals surface area contributed by atoms with Crippen LogP contribution in [0.4, 0.5) is 11.7 Å². The first-order valence-electron chi connectivity index (χ1n) is 11.1. The van der Waals surface area contributed by atoms with Crippen LogP contribution in [-0.4, -0.2) is 24.2 Å². The molecule has 6 rings (SSSR count). The Hall–Kier alpha value is -4.78. The van der Waals surface area contributed by atoms with E-state index in [1.807, 2.05) is 78.9 Å². The maximum absolute atomic E-state index is 6.28.